The van der Waals surface area contributed by atoms with Gasteiger partial charge in [-0.1, -0.05) is 157 Å². The van der Waals surface area contributed by atoms with E-state index in [1.807, 2.05) is 30.3 Å². The summed E-state index contributed by atoms with van der Waals surface area (Å²) in [4.78, 5) is 11.9. The largest absolute Gasteiger partial charge is 0.511 e. The summed E-state index contributed by atoms with van der Waals surface area (Å²) in [6.45, 7) is 11.1. The van der Waals surface area contributed by atoms with E-state index < -0.39 is 8.32 Å². The van der Waals surface area contributed by atoms with Gasteiger partial charge >= 0.3 is 9.76 Å². The van der Waals surface area contributed by atoms with Crippen LogP contribution in [-0.2, 0) is 27.9 Å². The van der Waals surface area contributed by atoms with Crippen LogP contribution in [-0.4, -0.2) is 70.3 Å². The first-order chi connectivity index (χ1) is 23.4. The topological polar surface area (TPSA) is 63.2 Å². The first-order valence-electron chi connectivity index (χ1n) is 17.9. The molecule has 0 atom stereocenters. The van der Waals surface area contributed by atoms with E-state index in [-0.39, 0.29) is 20.8 Å². The molecular formula is C40H58O6Si2. The van der Waals surface area contributed by atoms with Gasteiger partial charge in [-0.25, -0.2) is 0 Å². The predicted molar refractivity (Wildman–Crippen MR) is 200 cm³/mol. The van der Waals surface area contributed by atoms with Crippen molar-refractivity contribution in [1.29, 1.82) is 0 Å². The molecule has 0 heterocycles. The van der Waals surface area contributed by atoms with Crippen LogP contribution in [0.25, 0.3) is 0 Å². The molecule has 48 heavy (non-hydrogen) atoms. The third-order valence-electron chi connectivity index (χ3n) is 8.43. The lowest BCUT2D eigenvalue weighted by molar-refractivity contribution is -0.134. The molecule has 6 nitrogen and oxygen atoms in total. The standard InChI is InChI=1S/C40H58O6Si2/c1-40(2,3)48(37-24-16-12-17-25-37,38-26-18-13-19-27-38)45-35-34-44-33-32-43-31-30-42-29-21-10-8-6-4-5-7-9-20-28-39(41)46-47-36-22-14-11-15-23-36/h11-19,22-27H,4-10,20-21,28-35H2,1-3H3. The van der Waals surface area contributed by atoms with Crippen LogP contribution < -0.4 is 15.6 Å². The van der Waals surface area contributed by atoms with Crippen LogP contribution in [0.5, 0.6) is 0 Å². The van der Waals surface area contributed by atoms with Crippen molar-refractivity contribution in [3.63, 3.8) is 0 Å². The molecule has 3 aromatic rings. The van der Waals surface area contributed by atoms with E-state index in [0.717, 1.165) is 31.1 Å². The van der Waals surface area contributed by atoms with E-state index >= 15 is 0 Å². The maximum absolute atomic E-state index is 11.9. The highest BCUT2D eigenvalue weighted by Gasteiger charge is 2.50. The Labute approximate surface area is 294 Å². The maximum atomic E-state index is 11.9. The molecule has 8 heteroatoms. The molecule has 0 spiro atoms. The van der Waals surface area contributed by atoms with Crippen molar-refractivity contribution in [3.05, 3.63) is 91.0 Å². The Hall–Kier alpha value is -2.60. The molecule has 262 valence electrons. The summed E-state index contributed by atoms with van der Waals surface area (Å²) >= 11 is 0. The van der Waals surface area contributed by atoms with Gasteiger partial charge in [0.15, 0.2) is 0 Å². The van der Waals surface area contributed by atoms with Gasteiger partial charge in [0.05, 0.1) is 39.6 Å². The SMILES string of the molecule is CC(C)(C)[Si](OCCOCCOCCOCCCCCCCCCCCC(=O)O[Si]c1ccccc1)(c1ccccc1)c1ccccc1. The fourth-order valence-corrected chi connectivity index (χ4v) is 11.1. The predicted octanol–water partition coefficient (Wildman–Crippen LogP) is 7.00. The molecule has 3 rings (SSSR count). The fraction of sp³-hybridized carbons (Fsp3) is 0.525. The number of unbranched alkanes of at least 4 members (excludes halogenated alkanes) is 8. The zero-order chi connectivity index (χ0) is 34.2. The van der Waals surface area contributed by atoms with Crippen LogP contribution in [0, 0.1) is 0 Å². The number of hydrogen-bond donors (Lipinski definition) is 0. The lowest BCUT2D eigenvalue weighted by Gasteiger charge is -2.43. The van der Waals surface area contributed by atoms with Gasteiger partial charge in [-0.05, 0) is 33.4 Å². The first kappa shape index (κ1) is 39.8. The summed E-state index contributed by atoms with van der Waals surface area (Å²) in [7, 11) is -2.40. The van der Waals surface area contributed by atoms with Crippen molar-refractivity contribution in [1.82, 2.24) is 0 Å². The van der Waals surface area contributed by atoms with E-state index in [4.69, 9.17) is 23.1 Å². The summed E-state index contributed by atoms with van der Waals surface area (Å²) in [6, 6.07) is 31.3. The Bertz CT molecular complexity index is 1180. The van der Waals surface area contributed by atoms with E-state index in [0.29, 0.717) is 46.1 Å². The lowest BCUT2D eigenvalue weighted by atomic mass is 10.1. The zero-order valence-corrected chi connectivity index (χ0v) is 31.6. The summed E-state index contributed by atoms with van der Waals surface area (Å²) < 4.78 is 29.6. The number of rotatable bonds is 26. The number of hydrogen-bond acceptors (Lipinski definition) is 6. The molecule has 0 unspecified atom stereocenters. The Morgan fingerprint density at radius 2 is 0.958 bits per heavy atom. The van der Waals surface area contributed by atoms with Crippen molar-refractivity contribution in [3.8, 4) is 0 Å². The van der Waals surface area contributed by atoms with Gasteiger partial charge in [0, 0.05) is 13.0 Å². The van der Waals surface area contributed by atoms with Crippen LogP contribution in [0.2, 0.25) is 5.04 Å². The minimum absolute atomic E-state index is 0.0387. The number of ether oxygens (including phenoxy) is 3. The quantitative estimate of drug-likeness (QED) is 0.0668. The summed E-state index contributed by atoms with van der Waals surface area (Å²) in [5, 5.41) is 3.59. The Balaban J connectivity index is 1.11. The number of carbonyl (C=O) groups excluding carboxylic acids is 1. The maximum Gasteiger partial charge on any atom is 0.355 e. The van der Waals surface area contributed by atoms with Crippen molar-refractivity contribution in [2.24, 2.45) is 0 Å². The molecular weight excluding hydrogens is 633 g/mol. The number of carbonyl (C=O) groups is 1. The van der Waals surface area contributed by atoms with Gasteiger partial charge in [-0.2, -0.15) is 0 Å². The van der Waals surface area contributed by atoms with Crippen molar-refractivity contribution < 1.29 is 27.9 Å². The summed E-state index contributed by atoms with van der Waals surface area (Å²) in [5.41, 5.74) is 0. The second-order valence-corrected chi connectivity index (χ2v) is 18.5. The highest BCUT2D eigenvalue weighted by atomic mass is 28.4. The summed E-state index contributed by atoms with van der Waals surface area (Å²) in [5.74, 6) is -0.0794. The normalized spacial score (nSPS) is 11.9. The van der Waals surface area contributed by atoms with E-state index in [1.165, 1.54) is 48.9 Å². The smallest absolute Gasteiger partial charge is 0.355 e. The van der Waals surface area contributed by atoms with Gasteiger partial charge in [0.25, 0.3) is 14.3 Å². The average molecular weight is 691 g/mol. The highest BCUT2D eigenvalue weighted by molar-refractivity contribution is 6.99. The molecule has 0 amide bonds. The molecule has 0 aromatic heterocycles. The Morgan fingerprint density at radius 1 is 0.542 bits per heavy atom. The molecule has 0 aliphatic rings. The molecule has 0 aliphatic heterocycles. The van der Waals surface area contributed by atoms with Crippen LogP contribution in [0.4, 0.5) is 0 Å². The van der Waals surface area contributed by atoms with Crippen LogP contribution >= 0.6 is 0 Å². The highest BCUT2D eigenvalue weighted by Crippen LogP contribution is 2.36. The fourth-order valence-electron chi connectivity index (χ4n) is 5.94. The van der Waals surface area contributed by atoms with Gasteiger partial charge < -0.3 is 23.1 Å². The second kappa shape index (κ2) is 23.7. The van der Waals surface area contributed by atoms with Gasteiger partial charge in [0.2, 0.25) is 0 Å². The van der Waals surface area contributed by atoms with Crippen molar-refractivity contribution in [2.45, 2.75) is 90.0 Å². The monoisotopic (exact) mass is 690 g/mol. The Morgan fingerprint density at radius 3 is 1.46 bits per heavy atom. The summed E-state index contributed by atoms with van der Waals surface area (Å²) in [6.07, 6.45) is 11.1. The molecule has 0 aliphatic carbocycles. The van der Waals surface area contributed by atoms with Gasteiger partial charge in [-0.15, -0.1) is 0 Å². The lowest BCUT2D eigenvalue weighted by Crippen LogP contribution is -2.66. The van der Waals surface area contributed by atoms with Crippen LogP contribution in [0.15, 0.2) is 91.0 Å². The van der Waals surface area contributed by atoms with Gasteiger partial charge in [-0.3, -0.25) is 4.79 Å². The molecule has 0 bridgehead atoms. The minimum Gasteiger partial charge on any atom is -0.511 e. The molecule has 0 fully saturated rings. The third kappa shape index (κ3) is 14.9. The Kier molecular flexibility index (Phi) is 19.7. The second-order valence-electron chi connectivity index (χ2n) is 13.2. The third-order valence-corrected chi connectivity index (χ3v) is 14.4. The molecule has 0 N–H and O–H groups in total. The average Bonchev–Trinajstić information content (AvgIpc) is 3.10. The van der Waals surface area contributed by atoms with E-state index in [2.05, 4.69) is 81.4 Å². The van der Waals surface area contributed by atoms with Crippen molar-refractivity contribution in [2.75, 3.05) is 46.2 Å². The molecule has 2 radical (unpaired) electrons. The number of benzene rings is 3. The molecule has 0 saturated heterocycles. The molecule has 0 saturated carbocycles. The van der Waals surface area contributed by atoms with E-state index in [9.17, 15) is 4.79 Å². The zero-order valence-electron chi connectivity index (χ0n) is 29.6. The van der Waals surface area contributed by atoms with E-state index in [1.54, 1.807) is 0 Å². The molecule has 3 aromatic carbocycles. The van der Waals surface area contributed by atoms with Gasteiger partial charge in [0.1, 0.15) is 0 Å². The van der Waals surface area contributed by atoms with Crippen LogP contribution in [0.3, 0.4) is 0 Å². The van der Waals surface area contributed by atoms with Crippen LogP contribution in [0.1, 0.15) is 85.0 Å². The first-order valence-corrected chi connectivity index (χ1v) is 20.7. The van der Waals surface area contributed by atoms with Crippen molar-refractivity contribution >= 4 is 39.6 Å². The minimum atomic E-state index is -2.52.